The molecule has 118 valence electrons. The van der Waals surface area contributed by atoms with E-state index in [1.165, 1.54) is 16.7 Å². The van der Waals surface area contributed by atoms with Gasteiger partial charge in [0.1, 0.15) is 0 Å². The van der Waals surface area contributed by atoms with Gasteiger partial charge >= 0.3 is 0 Å². The van der Waals surface area contributed by atoms with Crippen molar-refractivity contribution in [2.45, 2.75) is 66.3 Å². The van der Waals surface area contributed by atoms with Crippen LogP contribution in [0.1, 0.15) is 57.2 Å². The molecule has 0 saturated heterocycles. The van der Waals surface area contributed by atoms with E-state index in [-0.39, 0.29) is 5.54 Å². The molecule has 1 aromatic rings. The predicted octanol–water partition coefficient (Wildman–Crippen LogP) is 4.32. The first-order valence-corrected chi connectivity index (χ1v) is 8.29. The lowest BCUT2D eigenvalue weighted by atomic mass is 9.82. The van der Waals surface area contributed by atoms with Crippen molar-refractivity contribution in [3.63, 3.8) is 0 Å². The minimum absolute atomic E-state index is 0.306. The molecule has 0 bridgehead atoms. The van der Waals surface area contributed by atoms with E-state index in [9.17, 15) is 4.79 Å². The average Bonchev–Trinajstić information content (AvgIpc) is 2.48. The van der Waals surface area contributed by atoms with Crippen molar-refractivity contribution >= 4 is 5.78 Å². The molecular formula is C19H31NO. The molecule has 0 atom stereocenters. The standard InChI is InChI=1S/C19H31NO/c1-7-19(8-2,20(9-3)10-4)18(21)14-17-13-15(5)11-12-16(17)6/h11-13H,7-10,14H2,1-6H3. The molecule has 0 aliphatic carbocycles. The minimum atomic E-state index is -0.306. The topological polar surface area (TPSA) is 20.3 Å². The van der Waals surface area contributed by atoms with Crippen LogP contribution in [0.2, 0.25) is 0 Å². The molecule has 0 saturated carbocycles. The first kappa shape index (κ1) is 17.9. The van der Waals surface area contributed by atoms with Crippen molar-refractivity contribution in [3.8, 4) is 0 Å². The smallest absolute Gasteiger partial charge is 0.157 e. The monoisotopic (exact) mass is 289 g/mol. The fraction of sp³-hybridized carbons (Fsp3) is 0.632. The first-order chi connectivity index (χ1) is 9.94. The number of carbonyl (C=O) groups is 1. The maximum atomic E-state index is 13.1. The lowest BCUT2D eigenvalue weighted by Gasteiger charge is -2.41. The van der Waals surface area contributed by atoms with Gasteiger partial charge in [-0.3, -0.25) is 9.69 Å². The van der Waals surface area contributed by atoms with E-state index in [0.29, 0.717) is 12.2 Å². The second-order valence-electron chi connectivity index (χ2n) is 5.94. The molecule has 0 spiro atoms. The minimum Gasteiger partial charge on any atom is -0.297 e. The first-order valence-electron chi connectivity index (χ1n) is 8.29. The molecule has 1 rings (SSSR count). The van der Waals surface area contributed by atoms with Gasteiger partial charge in [-0.15, -0.1) is 0 Å². The molecule has 1 aromatic carbocycles. The van der Waals surface area contributed by atoms with E-state index in [2.05, 4.69) is 64.6 Å². The summed E-state index contributed by atoms with van der Waals surface area (Å²) >= 11 is 0. The summed E-state index contributed by atoms with van der Waals surface area (Å²) in [6.07, 6.45) is 2.31. The van der Waals surface area contributed by atoms with Crippen LogP contribution in [0.5, 0.6) is 0 Å². The Hall–Kier alpha value is -1.15. The summed E-state index contributed by atoms with van der Waals surface area (Å²) in [6.45, 7) is 14.6. The van der Waals surface area contributed by atoms with Crippen molar-refractivity contribution in [2.75, 3.05) is 13.1 Å². The molecule has 0 aliphatic heterocycles. The molecule has 0 N–H and O–H groups in total. The van der Waals surface area contributed by atoms with Gasteiger partial charge in [0.15, 0.2) is 5.78 Å². The second-order valence-corrected chi connectivity index (χ2v) is 5.94. The third-order valence-corrected chi connectivity index (χ3v) is 4.91. The average molecular weight is 289 g/mol. The molecule has 0 radical (unpaired) electrons. The van der Waals surface area contributed by atoms with Crippen molar-refractivity contribution < 1.29 is 4.79 Å². The van der Waals surface area contributed by atoms with Gasteiger partial charge in [-0.1, -0.05) is 51.5 Å². The summed E-state index contributed by atoms with van der Waals surface area (Å²) in [6, 6.07) is 6.39. The van der Waals surface area contributed by atoms with Crippen LogP contribution in [0, 0.1) is 13.8 Å². The van der Waals surface area contributed by atoms with E-state index in [1.54, 1.807) is 0 Å². The van der Waals surface area contributed by atoms with Gasteiger partial charge in [0.2, 0.25) is 0 Å². The van der Waals surface area contributed by atoms with Crippen LogP contribution < -0.4 is 0 Å². The SMILES string of the molecule is CCN(CC)C(CC)(CC)C(=O)Cc1cc(C)ccc1C. The summed E-state index contributed by atoms with van der Waals surface area (Å²) < 4.78 is 0. The molecule has 0 amide bonds. The van der Waals surface area contributed by atoms with Crippen LogP contribution in [-0.4, -0.2) is 29.3 Å². The maximum absolute atomic E-state index is 13.1. The van der Waals surface area contributed by atoms with E-state index >= 15 is 0 Å². The molecular weight excluding hydrogens is 258 g/mol. The highest BCUT2D eigenvalue weighted by atomic mass is 16.1. The lowest BCUT2D eigenvalue weighted by molar-refractivity contribution is -0.131. The number of ketones is 1. The molecule has 0 aromatic heterocycles. The van der Waals surface area contributed by atoms with Crippen molar-refractivity contribution in [2.24, 2.45) is 0 Å². The summed E-state index contributed by atoms with van der Waals surface area (Å²) in [5.74, 6) is 0.366. The zero-order valence-corrected chi connectivity index (χ0v) is 14.6. The number of carbonyl (C=O) groups excluding carboxylic acids is 1. The second kappa shape index (κ2) is 7.74. The Morgan fingerprint density at radius 3 is 2.10 bits per heavy atom. The van der Waals surface area contributed by atoms with Gasteiger partial charge in [-0.05, 0) is 50.9 Å². The number of rotatable bonds is 8. The number of Topliss-reactive ketones (excluding diaryl/α,β-unsaturated/α-hetero) is 1. The quantitative estimate of drug-likeness (QED) is 0.710. The van der Waals surface area contributed by atoms with E-state index in [1.807, 2.05) is 0 Å². The van der Waals surface area contributed by atoms with Crippen molar-refractivity contribution in [1.82, 2.24) is 4.90 Å². The van der Waals surface area contributed by atoms with Gasteiger partial charge in [0.05, 0.1) is 5.54 Å². The van der Waals surface area contributed by atoms with Crippen LogP contribution in [-0.2, 0) is 11.2 Å². The van der Waals surface area contributed by atoms with Crippen LogP contribution in [0.15, 0.2) is 18.2 Å². The van der Waals surface area contributed by atoms with E-state index in [0.717, 1.165) is 25.9 Å². The van der Waals surface area contributed by atoms with Crippen LogP contribution in [0.3, 0.4) is 0 Å². The van der Waals surface area contributed by atoms with Gasteiger partial charge < -0.3 is 0 Å². The van der Waals surface area contributed by atoms with Gasteiger partial charge in [-0.2, -0.15) is 0 Å². The third kappa shape index (κ3) is 3.74. The number of aryl methyl sites for hydroxylation is 2. The zero-order chi connectivity index (χ0) is 16.0. The van der Waals surface area contributed by atoms with Gasteiger partial charge in [0.25, 0.3) is 0 Å². The fourth-order valence-electron chi connectivity index (χ4n) is 3.43. The van der Waals surface area contributed by atoms with Crippen LogP contribution in [0.4, 0.5) is 0 Å². The maximum Gasteiger partial charge on any atom is 0.157 e. The summed E-state index contributed by atoms with van der Waals surface area (Å²) in [4.78, 5) is 15.4. The number of hydrogen-bond donors (Lipinski definition) is 0. The molecule has 0 unspecified atom stereocenters. The normalized spacial score (nSPS) is 12.0. The highest BCUT2D eigenvalue weighted by Gasteiger charge is 2.38. The summed E-state index contributed by atoms with van der Waals surface area (Å²) in [5, 5.41) is 0. The molecule has 0 aliphatic rings. The molecule has 2 heteroatoms. The third-order valence-electron chi connectivity index (χ3n) is 4.91. The summed E-state index contributed by atoms with van der Waals surface area (Å²) in [7, 11) is 0. The van der Waals surface area contributed by atoms with Gasteiger partial charge in [0, 0.05) is 6.42 Å². The van der Waals surface area contributed by atoms with E-state index in [4.69, 9.17) is 0 Å². The van der Waals surface area contributed by atoms with Crippen molar-refractivity contribution in [1.29, 1.82) is 0 Å². The Kier molecular flexibility index (Phi) is 6.60. The Morgan fingerprint density at radius 1 is 1.05 bits per heavy atom. The van der Waals surface area contributed by atoms with Crippen LogP contribution in [0.25, 0.3) is 0 Å². The molecule has 21 heavy (non-hydrogen) atoms. The Labute approximate surface area is 130 Å². The number of hydrogen-bond acceptors (Lipinski definition) is 2. The van der Waals surface area contributed by atoms with Crippen molar-refractivity contribution in [3.05, 3.63) is 34.9 Å². The molecule has 0 heterocycles. The zero-order valence-electron chi connectivity index (χ0n) is 14.6. The number of benzene rings is 1. The largest absolute Gasteiger partial charge is 0.297 e. The number of nitrogens with zero attached hydrogens (tertiary/aromatic N) is 1. The van der Waals surface area contributed by atoms with E-state index < -0.39 is 0 Å². The highest BCUT2D eigenvalue weighted by Crippen LogP contribution is 2.27. The summed E-state index contributed by atoms with van der Waals surface area (Å²) in [5.41, 5.74) is 3.32. The Bertz CT molecular complexity index is 470. The lowest BCUT2D eigenvalue weighted by Crippen LogP contribution is -2.54. The Morgan fingerprint density at radius 2 is 1.62 bits per heavy atom. The molecule has 2 nitrogen and oxygen atoms in total. The van der Waals surface area contributed by atoms with Crippen LogP contribution >= 0.6 is 0 Å². The Balaban J connectivity index is 3.09. The highest BCUT2D eigenvalue weighted by molar-refractivity contribution is 5.90. The number of likely N-dealkylation sites (N-methyl/N-ethyl adjacent to an activating group) is 1. The fourth-order valence-corrected chi connectivity index (χ4v) is 3.43. The van der Waals surface area contributed by atoms with Gasteiger partial charge in [-0.25, -0.2) is 0 Å². The predicted molar refractivity (Wildman–Crippen MR) is 90.9 cm³/mol. The molecule has 0 fully saturated rings.